The van der Waals surface area contributed by atoms with Crippen molar-refractivity contribution in [2.75, 3.05) is 17.6 Å². The zero-order valence-electron chi connectivity index (χ0n) is 15.0. The second kappa shape index (κ2) is 9.53. The quantitative estimate of drug-likeness (QED) is 0.490. The van der Waals surface area contributed by atoms with E-state index in [1.807, 2.05) is 6.07 Å². The first kappa shape index (κ1) is 20.2. The summed E-state index contributed by atoms with van der Waals surface area (Å²) in [4.78, 5) is 34.6. The van der Waals surface area contributed by atoms with E-state index in [1.165, 1.54) is 13.0 Å². The first-order valence-corrected chi connectivity index (χ1v) is 9.00. The van der Waals surface area contributed by atoms with Crippen molar-refractivity contribution in [2.45, 2.75) is 19.0 Å². The number of nitrogens with one attached hydrogen (secondary N) is 3. The average molecular weight is 388 g/mol. The highest BCUT2D eigenvalue weighted by molar-refractivity contribution is 7.99. The summed E-state index contributed by atoms with van der Waals surface area (Å²) in [7, 11) is 0. The molecule has 9 nitrogen and oxygen atoms in total. The molecule has 2 rings (SSSR count). The van der Waals surface area contributed by atoms with Crippen molar-refractivity contribution in [3.63, 3.8) is 0 Å². The summed E-state index contributed by atoms with van der Waals surface area (Å²) in [6.45, 7) is 6.96. The van der Waals surface area contributed by atoms with Gasteiger partial charge in [0.15, 0.2) is 5.16 Å². The number of aryl methyl sites for hydroxylation is 1. The SMILES string of the molecule is C=CCNC(=O)NC(=O)CSc1nnc(C)n1-c1cccc(NC(C)=O)c1. The number of aromatic nitrogens is 3. The van der Waals surface area contributed by atoms with Gasteiger partial charge in [0.05, 0.1) is 11.4 Å². The van der Waals surface area contributed by atoms with Crippen molar-refractivity contribution >= 4 is 35.3 Å². The molecule has 3 N–H and O–H groups in total. The minimum atomic E-state index is -0.582. The van der Waals surface area contributed by atoms with Crippen molar-refractivity contribution in [1.82, 2.24) is 25.4 Å². The van der Waals surface area contributed by atoms with E-state index in [1.54, 1.807) is 29.7 Å². The first-order valence-electron chi connectivity index (χ1n) is 8.02. The number of nitrogens with zero attached hydrogens (tertiary/aromatic N) is 3. The number of amides is 4. The fourth-order valence-electron chi connectivity index (χ4n) is 2.16. The predicted octanol–water partition coefficient (Wildman–Crippen LogP) is 1.64. The van der Waals surface area contributed by atoms with Gasteiger partial charge in [-0.05, 0) is 25.1 Å². The van der Waals surface area contributed by atoms with Crippen LogP contribution in [0.2, 0.25) is 0 Å². The molecule has 0 aliphatic rings. The van der Waals surface area contributed by atoms with Gasteiger partial charge in [0.1, 0.15) is 5.82 Å². The van der Waals surface area contributed by atoms with Crippen molar-refractivity contribution < 1.29 is 14.4 Å². The van der Waals surface area contributed by atoms with Crippen LogP contribution in [0.25, 0.3) is 5.69 Å². The standard InChI is InChI=1S/C17H20N6O3S/c1-4-8-18-16(26)20-15(25)10-27-17-22-21-11(2)23(17)14-7-5-6-13(9-14)19-12(3)24/h4-7,9H,1,8,10H2,2-3H3,(H,19,24)(H2,18,20,25,26). The number of thioether (sulfide) groups is 1. The molecule has 0 spiro atoms. The molecule has 0 atom stereocenters. The van der Waals surface area contributed by atoms with Gasteiger partial charge in [0.25, 0.3) is 0 Å². The van der Waals surface area contributed by atoms with Crippen LogP contribution in [0.1, 0.15) is 12.7 Å². The molecule has 4 amide bonds. The first-order chi connectivity index (χ1) is 12.9. The van der Waals surface area contributed by atoms with E-state index >= 15 is 0 Å². The van der Waals surface area contributed by atoms with Gasteiger partial charge in [0.2, 0.25) is 11.8 Å². The van der Waals surface area contributed by atoms with Crippen LogP contribution in [0.15, 0.2) is 42.1 Å². The molecular weight excluding hydrogens is 368 g/mol. The second-order valence-corrected chi connectivity index (χ2v) is 6.37. The summed E-state index contributed by atoms with van der Waals surface area (Å²) in [6.07, 6.45) is 1.51. The number of rotatable bonds is 7. The number of anilines is 1. The predicted molar refractivity (Wildman–Crippen MR) is 103 cm³/mol. The van der Waals surface area contributed by atoms with Gasteiger partial charge < -0.3 is 10.6 Å². The molecule has 1 aromatic carbocycles. The van der Waals surface area contributed by atoms with Crippen LogP contribution in [0, 0.1) is 6.92 Å². The van der Waals surface area contributed by atoms with E-state index in [4.69, 9.17) is 0 Å². The van der Waals surface area contributed by atoms with Gasteiger partial charge in [-0.15, -0.1) is 16.8 Å². The lowest BCUT2D eigenvalue weighted by Crippen LogP contribution is -2.40. The fraction of sp³-hybridized carbons (Fsp3) is 0.235. The number of carbonyl (C=O) groups is 3. The third-order valence-electron chi connectivity index (χ3n) is 3.21. The maximum Gasteiger partial charge on any atom is 0.321 e. The summed E-state index contributed by atoms with van der Waals surface area (Å²) < 4.78 is 1.76. The summed E-state index contributed by atoms with van der Waals surface area (Å²) >= 11 is 1.15. The lowest BCUT2D eigenvalue weighted by molar-refractivity contribution is -0.117. The van der Waals surface area contributed by atoms with Gasteiger partial charge >= 0.3 is 6.03 Å². The average Bonchev–Trinajstić information content (AvgIpc) is 2.98. The zero-order valence-corrected chi connectivity index (χ0v) is 15.8. The van der Waals surface area contributed by atoms with Crippen molar-refractivity contribution in [3.05, 3.63) is 42.7 Å². The van der Waals surface area contributed by atoms with E-state index in [0.717, 1.165) is 17.4 Å². The Bertz CT molecular complexity index is 864. The highest BCUT2D eigenvalue weighted by Crippen LogP contribution is 2.23. The van der Waals surface area contributed by atoms with Crippen LogP contribution in [0.5, 0.6) is 0 Å². The Morgan fingerprint density at radius 2 is 2.07 bits per heavy atom. The van der Waals surface area contributed by atoms with E-state index in [9.17, 15) is 14.4 Å². The summed E-state index contributed by atoms with van der Waals surface area (Å²) in [5, 5.41) is 16.0. The van der Waals surface area contributed by atoms with Crippen molar-refractivity contribution in [1.29, 1.82) is 0 Å². The van der Waals surface area contributed by atoms with Crippen LogP contribution in [0.4, 0.5) is 10.5 Å². The highest BCUT2D eigenvalue weighted by Gasteiger charge is 2.15. The lowest BCUT2D eigenvalue weighted by atomic mass is 10.2. The molecule has 0 aliphatic heterocycles. The Morgan fingerprint density at radius 1 is 1.30 bits per heavy atom. The third-order valence-corrected chi connectivity index (χ3v) is 4.14. The maximum atomic E-state index is 11.9. The number of hydrogen-bond donors (Lipinski definition) is 3. The smallest absolute Gasteiger partial charge is 0.321 e. The monoisotopic (exact) mass is 388 g/mol. The second-order valence-electron chi connectivity index (χ2n) is 5.43. The highest BCUT2D eigenvalue weighted by atomic mass is 32.2. The fourth-order valence-corrected chi connectivity index (χ4v) is 2.96. The summed E-state index contributed by atoms with van der Waals surface area (Å²) in [6, 6.07) is 6.61. The molecule has 142 valence electrons. The van der Waals surface area contributed by atoms with Crippen LogP contribution >= 0.6 is 11.8 Å². The molecule has 2 aromatic rings. The zero-order chi connectivity index (χ0) is 19.8. The number of benzene rings is 1. The van der Waals surface area contributed by atoms with Crippen LogP contribution in [0.3, 0.4) is 0 Å². The van der Waals surface area contributed by atoms with Gasteiger partial charge in [-0.3, -0.25) is 19.5 Å². The molecule has 27 heavy (non-hydrogen) atoms. The molecule has 0 unspecified atom stereocenters. The Hall–Kier alpha value is -3.14. The molecule has 0 saturated carbocycles. The number of hydrogen-bond acceptors (Lipinski definition) is 6. The largest absolute Gasteiger partial charge is 0.334 e. The Balaban J connectivity index is 2.08. The van der Waals surface area contributed by atoms with Gasteiger partial charge in [-0.1, -0.05) is 23.9 Å². The normalized spacial score (nSPS) is 10.1. The molecule has 0 fully saturated rings. The van der Waals surface area contributed by atoms with Gasteiger partial charge in [0, 0.05) is 19.2 Å². The lowest BCUT2D eigenvalue weighted by Gasteiger charge is -2.10. The Kier molecular flexibility index (Phi) is 7.12. The molecule has 0 saturated heterocycles. The van der Waals surface area contributed by atoms with Crippen LogP contribution in [-0.4, -0.2) is 44.9 Å². The van der Waals surface area contributed by atoms with Crippen LogP contribution < -0.4 is 16.0 Å². The summed E-state index contributed by atoms with van der Waals surface area (Å²) in [5.74, 6) is -0.0126. The molecular formula is C17H20N6O3S. The minimum Gasteiger partial charge on any atom is -0.334 e. The topological polar surface area (TPSA) is 118 Å². The summed E-state index contributed by atoms with van der Waals surface area (Å²) in [5.41, 5.74) is 1.39. The van der Waals surface area contributed by atoms with E-state index < -0.39 is 11.9 Å². The number of carbonyl (C=O) groups excluding carboxylic acids is 3. The molecule has 1 aromatic heterocycles. The minimum absolute atomic E-state index is 0.00890. The molecule has 10 heteroatoms. The Labute approximate surface area is 160 Å². The van der Waals surface area contributed by atoms with Gasteiger partial charge in [-0.2, -0.15) is 0 Å². The number of imide groups is 1. The molecule has 1 heterocycles. The van der Waals surface area contributed by atoms with E-state index in [-0.39, 0.29) is 18.2 Å². The maximum absolute atomic E-state index is 11.9. The Morgan fingerprint density at radius 3 is 2.78 bits per heavy atom. The molecule has 0 bridgehead atoms. The molecule has 0 radical (unpaired) electrons. The van der Waals surface area contributed by atoms with E-state index in [0.29, 0.717) is 16.7 Å². The van der Waals surface area contributed by atoms with Gasteiger partial charge in [-0.25, -0.2) is 4.79 Å². The number of urea groups is 1. The van der Waals surface area contributed by atoms with Crippen molar-refractivity contribution in [3.8, 4) is 5.69 Å². The van der Waals surface area contributed by atoms with Crippen LogP contribution in [-0.2, 0) is 9.59 Å². The van der Waals surface area contributed by atoms with E-state index in [2.05, 4.69) is 32.7 Å². The molecule has 0 aliphatic carbocycles. The third kappa shape index (κ3) is 5.96. The van der Waals surface area contributed by atoms with Crippen molar-refractivity contribution in [2.24, 2.45) is 0 Å².